The van der Waals surface area contributed by atoms with Crippen molar-refractivity contribution in [3.8, 4) is 39.6 Å². The normalized spacial score (nSPS) is 13.5. The van der Waals surface area contributed by atoms with E-state index < -0.39 is 0 Å². The van der Waals surface area contributed by atoms with E-state index in [9.17, 15) is 0 Å². The minimum Gasteiger partial charge on any atom is -0.456 e. The highest BCUT2D eigenvalue weighted by molar-refractivity contribution is 6.24. The number of fused-ring (bicyclic) bond motifs is 10. The smallest absolute Gasteiger partial charge is 0.160 e. The second kappa shape index (κ2) is 9.51. The average molecular weight is 604 g/mol. The second-order valence-electron chi connectivity index (χ2n) is 13.0. The lowest BCUT2D eigenvalue weighted by molar-refractivity contribution is 0.658. The molecule has 0 radical (unpaired) electrons. The minimum absolute atomic E-state index is 0.263. The molecular weight excluding hydrogens is 574 g/mol. The Kier molecular flexibility index (Phi) is 5.31. The molecule has 47 heavy (non-hydrogen) atoms. The zero-order chi connectivity index (χ0) is 31.3. The Balaban J connectivity index is 1.28. The monoisotopic (exact) mass is 603 g/mol. The third-order valence-corrected chi connectivity index (χ3v) is 9.97. The lowest BCUT2D eigenvalue weighted by Crippen LogP contribution is -2.17. The molecular formula is C43H29N3O. The quantitative estimate of drug-likeness (QED) is 0.202. The molecule has 10 rings (SSSR count). The maximum atomic E-state index is 6.37. The number of hydrogen-bond donors (Lipinski definition) is 0. The summed E-state index contributed by atoms with van der Waals surface area (Å²) in [6.45, 7) is 4.59. The van der Waals surface area contributed by atoms with Crippen LogP contribution in [0.5, 0.6) is 0 Å². The molecule has 3 heterocycles. The maximum absolute atomic E-state index is 6.37. The summed E-state index contributed by atoms with van der Waals surface area (Å²) < 4.78 is 8.77. The van der Waals surface area contributed by atoms with Gasteiger partial charge in [0.25, 0.3) is 0 Å². The van der Waals surface area contributed by atoms with Crippen LogP contribution >= 0.6 is 0 Å². The molecule has 0 N–H and O–H groups in total. The van der Waals surface area contributed by atoms with Crippen LogP contribution in [0.3, 0.4) is 0 Å². The molecule has 3 aromatic heterocycles. The fourth-order valence-corrected chi connectivity index (χ4v) is 7.87. The zero-order valence-corrected chi connectivity index (χ0v) is 26.0. The molecule has 4 heteroatoms. The Morgan fingerprint density at radius 3 is 2.19 bits per heavy atom. The zero-order valence-electron chi connectivity index (χ0n) is 26.0. The van der Waals surface area contributed by atoms with E-state index in [1.165, 1.54) is 27.5 Å². The van der Waals surface area contributed by atoms with Crippen molar-refractivity contribution in [1.29, 1.82) is 0 Å². The molecule has 0 saturated heterocycles. The van der Waals surface area contributed by atoms with Crippen LogP contribution < -0.4 is 0 Å². The van der Waals surface area contributed by atoms with Crippen molar-refractivity contribution in [1.82, 2.24) is 14.5 Å². The van der Waals surface area contributed by atoms with E-state index in [-0.39, 0.29) is 5.41 Å². The van der Waals surface area contributed by atoms with Gasteiger partial charge in [0.2, 0.25) is 0 Å². The highest BCUT2D eigenvalue weighted by Crippen LogP contribution is 2.51. The molecule has 1 aliphatic rings. The van der Waals surface area contributed by atoms with Gasteiger partial charge in [0.1, 0.15) is 11.2 Å². The second-order valence-corrected chi connectivity index (χ2v) is 13.0. The van der Waals surface area contributed by atoms with Crippen molar-refractivity contribution in [2.75, 3.05) is 0 Å². The van der Waals surface area contributed by atoms with Crippen molar-refractivity contribution < 1.29 is 4.42 Å². The first-order valence-corrected chi connectivity index (χ1v) is 16.1. The molecule has 0 amide bonds. The SMILES string of the molecule is CC1(C)c2ccccc2-c2nc(-c3ccccc3)nc(-c3cccc(-n4c5ccccc5c5ccc6oc7ccccc7c6c54)c3)c21. The largest absolute Gasteiger partial charge is 0.456 e. The van der Waals surface area contributed by atoms with Gasteiger partial charge in [-0.25, -0.2) is 9.97 Å². The fraction of sp³-hybridized carbons (Fsp3) is 0.0698. The van der Waals surface area contributed by atoms with Crippen LogP contribution in [0.25, 0.3) is 83.3 Å². The summed E-state index contributed by atoms with van der Waals surface area (Å²) in [7, 11) is 0. The van der Waals surface area contributed by atoms with Gasteiger partial charge >= 0.3 is 0 Å². The maximum Gasteiger partial charge on any atom is 0.160 e. The van der Waals surface area contributed by atoms with Gasteiger partial charge in [0, 0.05) is 49.5 Å². The first-order chi connectivity index (χ1) is 23.1. The molecule has 0 unspecified atom stereocenters. The molecule has 0 fully saturated rings. The summed E-state index contributed by atoms with van der Waals surface area (Å²) in [4.78, 5) is 10.6. The molecule has 6 aromatic carbocycles. The number of para-hydroxylation sites is 2. The number of aromatic nitrogens is 3. The van der Waals surface area contributed by atoms with Gasteiger partial charge in [-0.2, -0.15) is 0 Å². The molecule has 1 aliphatic carbocycles. The van der Waals surface area contributed by atoms with Crippen LogP contribution in [0, 0.1) is 0 Å². The van der Waals surface area contributed by atoms with Gasteiger partial charge in [0.15, 0.2) is 5.82 Å². The van der Waals surface area contributed by atoms with Crippen molar-refractivity contribution in [2.45, 2.75) is 19.3 Å². The summed E-state index contributed by atoms with van der Waals surface area (Å²) >= 11 is 0. The van der Waals surface area contributed by atoms with Crippen LogP contribution in [0.15, 0.2) is 144 Å². The molecule has 0 bridgehead atoms. The number of hydrogen-bond acceptors (Lipinski definition) is 3. The number of rotatable bonds is 3. The Morgan fingerprint density at radius 2 is 1.30 bits per heavy atom. The summed E-state index contributed by atoms with van der Waals surface area (Å²) in [5.74, 6) is 0.737. The van der Waals surface area contributed by atoms with Gasteiger partial charge in [-0.3, -0.25) is 0 Å². The van der Waals surface area contributed by atoms with Gasteiger partial charge in [-0.05, 0) is 42.0 Å². The van der Waals surface area contributed by atoms with Crippen LogP contribution in [-0.2, 0) is 5.41 Å². The average Bonchev–Trinajstić information content (AvgIpc) is 3.74. The van der Waals surface area contributed by atoms with E-state index in [4.69, 9.17) is 14.4 Å². The third kappa shape index (κ3) is 3.64. The minimum atomic E-state index is -0.263. The van der Waals surface area contributed by atoms with E-state index in [1.807, 2.05) is 24.3 Å². The molecule has 4 nitrogen and oxygen atoms in total. The summed E-state index contributed by atoms with van der Waals surface area (Å²) in [5, 5.41) is 4.67. The van der Waals surface area contributed by atoms with Crippen LogP contribution in [0.2, 0.25) is 0 Å². The van der Waals surface area contributed by atoms with Crippen molar-refractivity contribution in [2.24, 2.45) is 0 Å². The molecule has 9 aromatic rings. The van der Waals surface area contributed by atoms with E-state index >= 15 is 0 Å². The number of furan rings is 1. The Morgan fingerprint density at radius 1 is 0.574 bits per heavy atom. The van der Waals surface area contributed by atoms with Crippen LogP contribution in [0.1, 0.15) is 25.0 Å². The summed E-state index contributed by atoms with van der Waals surface area (Å²) in [6, 6.07) is 49.1. The highest BCUT2D eigenvalue weighted by Gasteiger charge is 2.40. The van der Waals surface area contributed by atoms with Crippen molar-refractivity contribution >= 4 is 43.7 Å². The molecule has 222 valence electrons. The van der Waals surface area contributed by atoms with E-state index in [0.717, 1.165) is 67.0 Å². The molecule has 0 saturated carbocycles. The summed E-state index contributed by atoms with van der Waals surface area (Å²) in [6.07, 6.45) is 0. The Bertz CT molecular complexity index is 2710. The molecule has 0 atom stereocenters. The first kappa shape index (κ1) is 26.2. The predicted octanol–water partition coefficient (Wildman–Crippen LogP) is 11.1. The first-order valence-electron chi connectivity index (χ1n) is 16.1. The van der Waals surface area contributed by atoms with E-state index in [1.54, 1.807) is 0 Å². The molecule has 0 spiro atoms. The third-order valence-electron chi connectivity index (χ3n) is 9.97. The van der Waals surface area contributed by atoms with E-state index in [0.29, 0.717) is 0 Å². The lowest BCUT2D eigenvalue weighted by Gasteiger charge is -2.24. The standard InChI is InChI=1S/C43H29N3O/c1-43(2)33-20-9-6-18-31(33)40-38(43)39(44-42(45-40)26-13-4-3-5-14-26)27-15-12-16-28(25-27)46-34-21-10-7-17-29(34)30-23-24-36-37(41(30)46)32-19-8-11-22-35(32)47-36/h3-25H,1-2H3. The van der Waals surface area contributed by atoms with Gasteiger partial charge in [-0.1, -0.05) is 117 Å². The van der Waals surface area contributed by atoms with Crippen LogP contribution in [-0.4, -0.2) is 14.5 Å². The summed E-state index contributed by atoms with van der Waals surface area (Å²) in [5.41, 5.74) is 12.6. The lowest BCUT2D eigenvalue weighted by atomic mass is 9.81. The van der Waals surface area contributed by atoms with Gasteiger partial charge in [-0.15, -0.1) is 0 Å². The van der Waals surface area contributed by atoms with Crippen molar-refractivity contribution in [3.63, 3.8) is 0 Å². The fourth-order valence-electron chi connectivity index (χ4n) is 7.87. The van der Waals surface area contributed by atoms with Crippen LogP contribution in [0.4, 0.5) is 0 Å². The Labute approximate surface area is 271 Å². The predicted molar refractivity (Wildman–Crippen MR) is 192 cm³/mol. The Hall–Kier alpha value is -6.00. The van der Waals surface area contributed by atoms with Crippen molar-refractivity contribution in [3.05, 3.63) is 151 Å². The van der Waals surface area contributed by atoms with Gasteiger partial charge < -0.3 is 8.98 Å². The van der Waals surface area contributed by atoms with E-state index in [2.05, 4.69) is 134 Å². The van der Waals surface area contributed by atoms with Gasteiger partial charge in [0.05, 0.1) is 27.8 Å². The number of nitrogens with zero attached hydrogens (tertiary/aromatic N) is 3. The topological polar surface area (TPSA) is 43.9 Å². The number of benzene rings is 6. The highest BCUT2D eigenvalue weighted by atomic mass is 16.3. The molecule has 0 aliphatic heterocycles.